The van der Waals surface area contributed by atoms with Crippen LogP contribution in [0.5, 0.6) is 11.5 Å². The standard InChI is InChI=1S/C30H40N6O6S/c1-32-26(18-25(31)22-12-13-22)29(37)33-19-24-6-5-7-27(28(24)41-4)42-20-21-8-10-23(11-9-21)30(38)35-14-16-36(17-15-35)43(39,40)34(2)3/h5-11,18,22,31-32H,12-17,19-20H2,1-4H3,(H,33,37)/b26-18-,31-25?. The van der Waals surface area contributed by atoms with Gasteiger partial charge in [-0.05, 0) is 42.7 Å². The average Bonchev–Trinajstić information content (AvgIpc) is 3.87. The second kappa shape index (κ2) is 14.0. The smallest absolute Gasteiger partial charge is 0.281 e. The minimum atomic E-state index is -3.50. The van der Waals surface area contributed by atoms with Crippen molar-refractivity contribution in [2.24, 2.45) is 5.92 Å². The van der Waals surface area contributed by atoms with Gasteiger partial charge in [-0.25, -0.2) is 0 Å². The van der Waals surface area contributed by atoms with Gasteiger partial charge in [-0.2, -0.15) is 17.0 Å². The Hall–Kier alpha value is -3.94. The predicted molar refractivity (Wildman–Crippen MR) is 163 cm³/mol. The highest BCUT2D eigenvalue weighted by Gasteiger charge is 2.30. The maximum Gasteiger partial charge on any atom is 0.281 e. The molecule has 43 heavy (non-hydrogen) atoms. The molecule has 13 heteroatoms. The van der Waals surface area contributed by atoms with Crippen LogP contribution < -0.4 is 20.1 Å². The van der Waals surface area contributed by atoms with Gasteiger partial charge in [0.15, 0.2) is 11.5 Å². The fraction of sp³-hybridized carbons (Fsp3) is 0.433. The normalized spacial score (nSPS) is 16.1. The first-order chi connectivity index (χ1) is 20.5. The summed E-state index contributed by atoms with van der Waals surface area (Å²) in [7, 11) is 2.69. The van der Waals surface area contributed by atoms with Crippen molar-refractivity contribution in [1.82, 2.24) is 24.1 Å². The molecule has 2 amide bonds. The molecular weight excluding hydrogens is 572 g/mol. The minimum Gasteiger partial charge on any atom is -0.493 e. The lowest BCUT2D eigenvalue weighted by atomic mass is 10.1. The lowest BCUT2D eigenvalue weighted by molar-refractivity contribution is -0.118. The topological polar surface area (TPSA) is 144 Å². The van der Waals surface area contributed by atoms with Crippen LogP contribution in [0, 0.1) is 11.3 Å². The number of ether oxygens (including phenoxy) is 2. The lowest BCUT2D eigenvalue weighted by Crippen LogP contribution is -2.53. The van der Waals surface area contributed by atoms with Gasteiger partial charge in [0.2, 0.25) is 0 Å². The second-order valence-corrected chi connectivity index (χ2v) is 12.8. The van der Waals surface area contributed by atoms with Crippen LogP contribution in [0.2, 0.25) is 0 Å². The van der Waals surface area contributed by atoms with Crippen molar-refractivity contribution in [2.45, 2.75) is 26.0 Å². The number of likely N-dealkylation sites (N-methyl/N-ethyl adjacent to an activating group) is 1. The van der Waals surface area contributed by atoms with E-state index in [9.17, 15) is 18.0 Å². The van der Waals surface area contributed by atoms with Crippen LogP contribution in [0.25, 0.3) is 0 Å². The summed E-state index contributed by atoms with van der Waals surface area (Å²) in [6.07, 6.45) is 3.57. The van der Waals surface area contributed by atoms with E-state index in [-0.39, 0.29) is 44.0 Å². The van der Waals surface area contributed by atoms with Crippen molar-refractivity contribution in [3.05, 3.63) is 70.9 Å². The highest BCUT2D eigenvalue weighted by Crippen LogP contribution is 2.32. The molecule has 4 rings (SSSR count). The van der Waals surface area contributed by atoms with Gasteiger partial charge < -0.3 is 30.4 Å². The van der Waals surface area contributed by atoms with Gasteiger partial charge in [-0.15, -0.1) is 0 Å². The van der Waals surface area contributed by atoms with E-state index in [1.807, 2.05) is 24.3 Å². The van der Waals surface area contributed by atoms with Crippen LogP contribution in [-0.4, -0.2) is 93.9 Å². The highest BCUT2D eigenvalue weighted by atomic mass is 32.2. The number of allylic oxidation sites excluding steroid dienone is 1. The van der Waals surface area contributed by atoms with Gasteiger partial charge in [0.1, 0.15) is 12.3 Å². The van der Waals surface area contributed by atoms with Crippen LogP contribution in [0.4, 0.5) is 0 Å². The Balaban J connectivity index is 1.32. The van der Waals surface area contributed by atoms with Crippen LogP contribution in [0.3, 0.4) is 0 Å². The molecule has 2 fully saturated rings. The number of piperazine rings is 1. The summed E-state index contributed by atoms with van der Waals surface area (Å²) in [5, 5.41) is 13.8. The van der Waals surface area contributed by atoms with E-state index in [1.165, 1.54) is 22.7 Å². The Bertz CT molecular complexity index is 1460. The van der Waals surface area contributed by atoms with E-state index in [0.717, 1.165) is 24.0 Å². The van der Waals surface area contributed by atoms with Gasteiger partial charge in [-0.3, -0.25) is 9.59 Å². The van der Waals surface area contributed by atoms with E-state index in [4.69, 9.17) is 14.9 Å². The Morgan fingerprint density at radius 2 is 1.74 bits per heavy atom. The molecule has 3 N–H and O–H groups in total. The molecule has 1 aliphatic carbocycles. The summed E-state index contributed by atoms with van der Waals surface area (Å²) in [6.45, 7) is 1.59. The fourth-order valence-electron chi connectivity index (χ4n) is 4.68. The zero-order valence-corrected chi connectivity index (χ0v) is 25.9. The zero-order chi connectivity index (χ0) is 31.1. The number of nitrogens with one attached hydrogen (secondary N) is 3. The first-order valence-electron chi connectivity index (χ1n) is 14.2. The van der Waals surface area contributed by atoms with Gasteiger partial charge in [-0.1, -0.05) is 24.3 Å². The molecule has 0 bridgehead atoms. The van der Waals surface area contributed by atoms with Crippen LogP contribution >= 0.6 is 0 Å². The molecule has 12 nitrogen and oxygen atoms in total. The van der Waals surface area contributed by atoms with Crippen LogP contribution in [0.1, 0.15) is 34.3 Å². The van der Waals surface area contributed by atoms with Crippen molar-refractivity contribution in [3.63, 3.8) is 0 Å². The van der Waals surface area contributed by atoms with Crippen molar-refractivity contribution >= 4 is 27.7 Å². The summed E-state index contributed by atoms with van der Waals surface area (Å²) in [6, 6.07) is 12.6. The maximum atomic E-state index is 13.0. The van der Waals surface area contributed by atoms with E-state index in [1.54, 1.807) is 43.3 Å². The van der Waals surface area contributed by atoms with E-state index in [2.05, 4.69) is 10.6 Å². The molecule has 0 unspecified atom stereocenters. The third-order valence-corrected chi connectivity index (χ3v) is 9.38. The third kappa shape index (κ3) is 7.92. The SMILES string of the molecule is CN/C(=C\C(=N)C1CC1)C(=O)NCc1cccc(OCc2ccc(C(=O)N3CCN(S(=O)(=O)N(C)C)CC3)cc2)c1OC. The van der Waals surface area contributed by atoms with E-state index >= 15 is 0 Å². The molecule has 1 saturated heterocycles. The van der Waals surface area contributed by atoms with Gasteiger partial charge >= 0.3 is 0 Å². The molecular formula is C30H40N6O6S. The third-order valence-electron chi connectivity index (χ3n) is 7.44. The van der Waals surface area contributed by atoms with Gasteiger partial charge in [0, 0.05) is 76.6 Å². The number of amides is 2. The van der Waals surface area contributed by atoms with Crippen molar-refractivity contribution in [3.8, 4) is 11.5 Å². The quantitative estimate of drug-likeness (QED) is 0.232. The molecule has 0 radical (unpaired) electrons. The number of methoxy groups -OCH3 is 1. The second-order valence-electron chi connectivity index (χ2n) is 10.6. The number of rotatable bonds is 13. The average molecular weight is 613 g/mol. The highest BCUT2D eigenvalue weighted by molar-refractivity contribution is 7.86. The van der Waals surface area contributed by atoms with Crippen molar-refractivity contribution in [2.75, 3.05) is 54.4 Å². The molecule has 0 atom stereocenters. The Kier molecular flexibility index (Phi) is 10.4. The van der Waals surface area contributed by atoms with Crippen LogP contribution in [0.15, 0.2) is 54.2 Å². The van der Waals surface area contributed by atoms with E-state index < -0.39 is 10.2 Å². The first-order valence-corrected chi connectivity index (χ1v) is 15.6. The number of carbonyl (C=O) groups is 2. The Morgan fingerprint density at radius 1 is 1.07 bits per heavy atom. The number of para-hydroxylation sites is 1. The Labute approximate surface area is 253 Å². The number of hydrogen-bond acceptors (Lipinski definition) is 8. The molecule has 0 aromatic heterocycles. The molecule has 2 aliphatic rings. The largest absolute Gasteiger partial charge is 0.493 e. The number of hydrogen-bond donors (Lipinski definition) is 3. The number of carbonyl (C=O) groups excluding carboxylic acids is 2. The molecule has 232 valence electrons. The van der Waals surface area contributed by atoms with Crippen LogP contribution in [-0.2, 0) is 28.2 Å². The maximum absolute atomic E-state index is 13.0. The van der Waals surface area contributed by atoms with Gasteiger partial charge in [0.05, 0.1) is 7.11 Å². The van der Waals surface area contributed by atoms with Crippen molar-refractivity contribution in [1.29, 1.82) is 5.41 Å². The molecule has 1 aliphatic heterocycles. The summed E-state index contributed by atoms with van der Waals surface area (Å²) >= 11 is 0. The Morgan fingerprint density at radius 3 is 2.33 bits per heavy atom. The molecule has 1 saturated carbocycles. The summed E-state index contributed by atoms with van der Waals surface area (Å²) in [5.74, 6) is 0.813. The first kappa shape index (κ1) is 32.0. The fourth-order valence-corrected chi connectivity index (χ4v) is 5.76. The summed E-state index contributed by atoms with van der Waals surface area (Å²) < 4.78 is 38.9. The predicted octanol–water partition coefficient (Wildman–Crippen LogP) is 1.99. The number of nitrogens with zero attached hydrogens (tertiary/aromatic N) is 3. The summed E-state index contributed by atoms with van der Waals surface area (Å²) in [5.41, 5.74) is 2.90. The summed E-state index contributed by atoms with van der Waals surface area (Å²) in [4.78, 5) is 27.4. The molecule has 2 aromatic carbocycles. The minimum absolute atomic E-state index is 0.147. The monoisotopic (exact) mass is 612 g/mol. The number of benzene rings is 2. The van der Waals surface area contributed by atoms with Crippen molar-refractivity contribution < 1.29 is 27.5 Å². The molecule has 1 heterocycles. The zero-order valence-electron chi connectivity index (χ0n) is 25.1. The molecule has 0 spiro atoms. The molecule has 2 aromatic rings. The van der Waals surface area contributed by atoms with Gasteiger partial charge in [0.25, 0.3) is 22.0 Å². The van der Waals surface area contributed by atoms with E-state index in [0.29, 0.717) is 41.6 Å². The lowest BCUT2D eigenvalue weighted by Gasteiger charge is -2.35.